The molecule has 0 atom stereocenters. The third-order valence-electron chi connectivity index (χ3n) is 2.53. The van der Waals surface area contributed by atoms with Crippen molar-refractivity contribution in [1.29, 1.82) is 0 Å². The summed E-state index contributed by atoms with van der Waals surface area (Å²) < 4.78 is 0. The number of carbonyl (C=O) groups excluding carboxylic acids is 1. The van der Waals surface area contributed by atoms with Crippen LogP contribution in [0.25, 0.3) is 0 Å². The lowest BCUT2D eigenvalue weighted by Gasteiger charge is -2.19. The van der Waals surface area contributed by atoms with Crippen molar-refractivity contribution < 1.29 is 4.79 Å². The summed E-state index contributed by atoms with van der Waals surface area (Å²) in [4.78, 5) is 15.8. The molecule has 0 N–H and O–H groups in total. The minimum Gasteiger partial charge on any atom is -0.340 e. The van der Waals surface area contributed by atoms with E-state index < -0.39 is 0 Å². The number of nitrogens with zero attached hydrogens (tertiary/aromatic N) is 2. The normalized spacial score (nSPS) is 9.72. The fourth-order valence-corrected chi connectivity index (χ4v) is 1.37. The predicted molar refractivity (Wildman–Crippen MR) is 78.0 cm³/mol. The van der Waals surface area contributed by atoms with Crippen LogP contribution in [-0.4, -0.2) is 49.9 Å². The van der Waals surface area contributed by atoms with Gasteiger partial charge >= 0.3 is 0 Å². The smallest absolute Gasteiger partial charge is 0.253 e. The van der Waals surface area contributed by atoms with Crippen LogP contribution in [0.1, 0.15) is 29.8 Å². The fraction of sp³-hybridized carbons (Fsp3) is 0.533. The highest BCUT2D eigenvalue weighted by atomic mass is 16.2. The molecule has 0 aliphatic heterocycles. The molecule has 3 heteroatoms. The number of hydrogen-bond acceptors (Lipinski definition) is 2. The van der Waals surface area contributed by atoms with Crippen LogP contribution >= 0.6 is 0 Å². The maximum Gasteiger partial charge on any atom is 0.253 e. The first-order chi connectivity index (χ1) is 8.50. The van der Waals surface area contributed by atoms with E-state index in [0.717, 1.165) is 18.7 Å². The number of hydrogen-bond donors (Lipinski definition) is 0. The molecule has 1 aromatic carbocycles. The molecule has 0 bridgehead atoms. The molecular formula is C15H26N2O. The SMILES string of the molecule is CC.Cc1ccc(C(=O)N(C)CCN(C)C)cc1. The van der Waals surface area contributed by atoms with Crippen molar-refractivity contribution in [2.45, 2.75) is 20.8 Å². The van der Waals surface area contributed by atoms with Gasteiger partial charge in [0.1, 0.15) is 0 Å². The Hall–Kier alpha value is -1.35. The van der Waals surface area contributed by atoms with Crippen molar-refractivity contribution in [3.8, 4) is 0 Å². The highest BCUT2D eigenvalue weighted by molar-refractivity contribution is 5.94. The summed E-state index contributed by atoms with van der Waals surface area (Å²) in [5, 5.41) is 0. The number of aryl methyl sites for hydroxylation is 1. The minimum absolute atomic E-state index is 0.0850. The van der Waals surface area contributed by atoms with Crippen LogP contribution in [0.3, 0.4) is 0 Å². The molecule has 0 aliphatic carbocycles. The van der Waals surface area contributed by atoms with Gasteiger partial charge in [-0.2, -0.15) is 0 Å². The summed E-state index contributed by atoms with van der Waals surface area (Å²) in [5.74, 6) is 0.0850. The monoisotopic (exact) mass is 250 g/mol. The molecule has 1 rings (SSSR count). The maximum absolute atomic E-state index is 12.0. The Kier molecular flexibility index (Phi) is 8.05. The van der Waals surface area contributed by atoms with Gasteiger partial charge in [-0.25, -0.2) is 0 Å². The van der Waals surface area contributed by atoms with E-state index in [0.29, 0.717) is 0 Å². The van der Waals surface area contributed by atoms with Gasteiger partial charge < -0.3 is 9.80 Å². The van der Waals surface area contributed by atoms with Crippen molar-refractivity contribution in [1.82, 2.24) is 9.80 Å². The standard InChI is InChI=1S/C13H20N2O.C2H6/c1-11-5-7-12(8-6-11)13(16)15(4)10-9-14(2)3;1-2/h5-8H,9-10H2,1-4H3;1-2H3. The molecule has 1 aromatic rings. The van der Waals surface area contributed by atoms with Crippen LogP contribution in [0.4, 0.5) is 0 Å². The average Bonchev–Trinajstić information content (AvgIpc) is 2.38. The molecule has 18 heavy (non-hydrogen) atoms. The van der Waals surface area contributed by atoms with Crippen molar-refractivity contribution in [2.24, 2.45) is 0 Å². The molecule has 0 spiro atoms. The van der Waals surface area contributed by atoms with Crippen LogP contribution in [0, 0.1) is 6.92 Å². The predicted octanol–water partition coefficient (Wildman–Crippen LogP) is 2.65. The van der Waals surface area contributed by atoms with E-state index in [9.17, 15) is 4.79 Å². The number of carbonyl (C=O) groups is 1. The largest absolute Gasteiger partial charge is 0.340 e. The van der Waals surface area contributed by atoms with E-state index in [1.165, 1.54) is 5.56 Å². The van der Waals surface area contributed by atoms with Gasteiger partial charge in [0, 0.05) is 25.7 Å². The lowest BCUT2D eigenvalue weighted by atomic mass is 10.1. The maximum atomic E-state index is 12.0. The Balaban J connectivity index is 0.00000137. The van der Waals surface area contributed by atoms with Gasteiger partial charge in [0.15, 0.2) is 0 Å². The number of amides is 1. The molecule has 0 radical (unpaired) electrons. The van der Waals surface area contributed by atoms with Crippen molar-refractivity contribution >= 4 is 5.91 Å². The number of rotatable bonds is 4. The third-order valence-corrected chi connectivity index (χ3v) is 2.53. The van der Waals surface area contributed by atoms with Gasteiger partial charge in [-0.05, 0) is 33.2 Å². The average molecular weight is 250 g/mol. The third kappa shape index (κ3) is 5.82. The quantitative estimate of drug-likeness (QED) is 0.820. The van der Waals surface area contributed by atoms with Crippen LogP contribution in [0.2, 0.25) is 0 Å². The summed E-state index contributed by atoms with van der Waals surface area (Å²) >= 11 is 0. The molecule has 0 unspecified atom stereocenters. The topological polar surface area (TPSA) is 23.6 Å². The van der Waals surface area contributed by atoms with Gasteiger partial charge in [0.25, 0.3) is 5.91 Å². The molecule has 3 nitrogen and oxygen atoms in total. The summed E-state index contributed by atoms with van der Waals surface area (Å²) in [6.07, 6.45) is 0. The van der Waals surface area contributed by atoms with E-state index in [1.54, 1.807) is 4.90 Å². The first-order valence-corrected chi connectivity index (χ1v) is 6.47. The second-order valence-electron chi connectivity index (χ2n) is 4.40. The van der Waals surface area contributed by atoms with Crippen LogP contribution in [-0.2, 0) is 0 Å². The van der Waals surface area contributed by atoms with E-state index >= 15 is 0 Å². The van der Waals surface area contributed by atoms with E-state index in [-0.39, 0.29) is 5.91 Å². The van der Waals surface area contributed by atoms with Gasteiger partial charge in [0.2, 0.25) is 0 Å². The van der Waals surface area contributed by atoms with Crippen LogP contribution in [0.5, 0.6) is 0 Å². The Morgan fingerprint density at radius 3 is 1.94 bits per heavy atom. The summed E-state index contributed by atoms with van der Waals surface area (Å²) in [5.41, 5.74) is 1.93. The summed E-state index contributed by atoms with van der Waals surface area (Å²) in [7, 11) is 5.85. The van der Waals surface area contributed by atoms with Crippen molar-refractivity contribution in [2.75, 3.05) is 34.2 Å². The lowest BCUT2D eigenvalue weighted by Crippen LogP contribution is -2.33. The van der Waals surface area contributed by atoms with Crippen molar-refractivity contribution in [3.63, 3.8) is 0 Å². The molecular weight excluding hydrogens is 224 g/mol. The summed E-state index contributed by atoms with van der Waals surface area (Å²) in [6, 6.07) is 7.69. The molecule has 0 aliphatic rings. The molecule has 1 amide bonds. The highest BCUT2D eigenvalue weighted by Crippen LogP contribution is 2.05. The lowest BCUT2D eigenvalue weighted by molar-refractivity contribution is 0.0786. The first kappa shape index (κ1) is 16.6. The number of likely N-dealkylation sites (N-methyl/N-ethyl adjacent to an activating group) is 2. The van der Waals surface area contributed by atoms with Crippen molar-refractivity contribution in [3.05, 3.63) is 35.4 Å². The first-order valence-electron chi connectivity index (χ1n) is 6.47. The Morgan fingerprint density at radius 2 is 1.50 bits per heavy atom. The zero-order valence-electron chi connectivity index (χ0n) is 12.5. The Morgan fingerprint density at radius 1 is 1.00 bits per heavy atom. The van der Waals surface area contributed by atoms with E-state index in [1.807, 2.05) is 66.2 Å². The molecule has 0 aromatic heterocycles. The zero-order valence-corrected chi connectivity index (χ0v) is 12.5. The molecule has 102 valence electrons. The molecule has 0 fully saturated rings. The zero-order chi connectivity index (χ0) is 14.1. The summed E-state index contributed by atoms with van der Waals surface area (Å²) in [6.45, 7) is 7.65. The van der Waals surface area contributed by atoms with E-state index in [2.05, 4.69) is 4.90 Å². The number of benzene rings is 1. The second-order valence-corrected chi connectivity index (χ2v) is 4.40. The van der Waals surface area contributed by atoms with Gasteiger partial charge in [-0.15, -0.1) is 0 Å². The van der Waals surface area contributed by atoms with Crippen LogP contribution < -0.4 is 0 Å². The van der Waals surface area contributed by atoms with Crippen LogP contribution in [0.15, 0.2) is 24.3 Å². The Bertz CT molecular complexity index is 344. The Labute approximate surface area is 111 Å². The van der Waals surface area contributed by atoms with Gasteiger partial charge in [0.05, 0.1) is 0 Å². The molecule has 0 heterocycles. The fourth-order valence-electron chi connectivity index (χ4n) is 1.37. The highest BCUT2D eigenvalue weighted by Gasteiger charge is 2.10. The van der Waals surface area contributed by atoms with Gasteiger partial charge in [-0.3, -0.25) is 4.79 Å². The second kappa shape index (κ2) is 8.70. The molecule has 0 saturated heterocycles. The minimum atomic E-state index is 0.0850. The van der Waals surface area contributed by atoms with E-state index in [4.69, 9.17) is 0 Å². The molecule has 0 saturated carbocycles. The van der Waals surface area contributed by atoms with Gasteiger partial charge in [-0.1, -0.05) is 31.5 Å².